The molecule has 1 saturated carbocycles. The van der Waals surface area contributed by atoms with Crippen molar-refractivity contribution in [2.45, 2.75) is 62.7 Å². The Labute approximate surface area is 148 Å². The number of nitrogens with one attached hydrogen (secondary N) is 3. The third kappa shape index (κ3) is 3.79. The van der Waals surface area contributed by atoms with Crippen molar-refractivity contribution >= 4 is 17.6 Å². The standard InChI is InChI=1S/C19H26N4O2/c1-23(17-10-15-7-8-16(11-17)20-15)18(24)12-3-2-4-14(9-12)22-19(25)21-13-5-6-13/h2-4,9,13,15-17,20H,5-8,10-11H2,1H3,(H2,21,22,25). The van der Waals surface area contributed by atoms with Gasteiger partial charge < -0.3 is 20.9 Å². The van der Waals surface area contributed by atoms with Crippen molar-refractivity contribution in [1.29, 1.82) is 0 Å². The van der Waals surface area contributed by atoms with Gasteiger partial charge in [-0.1, -0.05) is 6.07 Å². The van der Waals surface area contributed by atoms with Gasteiger partial charge in [0.15, 0.2) is 0 Å². The molecule has 2 saturated heterocycles. The van der Waals surface area contributed by atoms with Gasteiger partial charge in [-0.05, 0) is 56.7 Å². The van der Waals surface area contributed by atoms with Crippen molar-refractivity contribution in [3.8, 4) is 0 Å². The van der Waals surface area contributed by atoms with Crippen molar-refractivity contribution in [3.63, 3.8) is 0 Å². The Morgan fingerprint density at radius 1 is 1.12 bits per heavy atom. The highest BCUT2D eigenvalue weighted by atomic mass is 16.2. The molecule has 1 aromatic rings. The lowest BCUT2D eigenvalue weighted by Gasteiger charge is -2.35. The average Bonchev–Trinajstić information content (AvgIpc) is 3.36. The number of carbonyl (C=O) groups is 2. The number of rotatable bonds is 4. The summed E-state index contributed by atoms with van der Waals surface area (Å²) in [6, 6.07) is 8.73. The van der Waals surface area contributed by atoms with Crippen LogP contribution in [-0.4, -0.2) is 48.1 Å². The first-order valence-corrected chi connectivity index (χ1v) is 9.29. The molecular weight excluding hydrogens is 316 g/mol. The van der Waals surface area contributed by atoms with E-state index in [1.807, 2.05) is 30.1 Å². The van der Waals surface area contributed by atoms with Gasteiger partial charge in [-0.15, -0.1) is 0 Å². The van der Waals surface area contributed by atoms with Gasteiger partial charge in [-0.3, -0.25) is 4.79 Å². The van der Waals surface area contributed by atoms with Gasteiger partial charge in [0, 0.05) is 42.5 Å². The number of amides is 3. The predicted octanol–water partition coefficient (Wildman–Crippen LogP) is 2.33. The number of benzene rings is 1. The number of carbonyl (C=O) groups excluding carboxylic acids is 2. The number of nitrogens with zero attached hydrogens (tertiary/aromatic N) is 1. The van der Waals surface area contributed by atoms with E-state index in [9.17, 15) is 9.59 Å². The van der Waals surface area contributed by atoms with E-state index < -0.39 is 0 Å². The molecule has 4 rings (SSSR count). The molecule has 1 aromatic carbocycles. The highest BCUT2D eigenvalue weighted by molar-refractivity contribution is 5.97. The molecule has 2 unspecified atom stereocenters. The molecule has 1 aliphatic carbocycles. The second-order valence-electron chi connectivity index (χ2n) is 7.63. The van der Waals surface area contributed by atoms with Crippen molar-refractivity contribution in [1.82, 2.24) is 15.5 Å². The van der Waals surface area contributed by atoms with E-state index in [-0.39, 0.29) is 11.9 Å². The summed E-state index contributed by atoms with van der Waals surface area (Å²) in [6.45, 7) is 0. The first-order valence-electron chi connectivity index (χ1n) is 9.29. The fourth-order valence-electron chi connectivity index (χ4n) is 4.02. The lowest BCUT2D eigenvalue weighted by molar-refractivity contribution is 0.0681. The Kier molecular flexibility index (Phi) is 4.37. The largest absolute Gasteiger partial charge is 0.339 e. The molecule has 3 fully saturated rings. The molecule has 3 N–H and O–H groups in total. The summed E-state index contributed by atoms with van der Waals surface area (Å²) in [6.07, 6.45) is 6.60. The highest BCUT2D eigenvalue weighted by Crippen LogP contribution is 2.30. The summed E-state index contributed by atoms with van der Waals surface area (Å²) in [7, 11) is 1.90. The average molecular weight is 342 g/mol. The molecule has 25 heavy (non-hydrogen) atoms. The maximum Gasteiger partial charge on any atom is 0.319 e. The van der Waals surface area contributed by atoms with Crippen LogP contribution in [0, 0.1) is 0 Å². The Bertz CT molecular complexity index is 661. The number of hydrogen-bond acceptors (Lipinski definition) is 3. The smallest absolute Gasteiger partial charge is 0.319 e. The summed E-state index contributed by atoms with van der Waals surface area (Å²) < 4.78 is 0. The maximum absolute atomic E-state index is 12.9. The van der Waals surface area contributed by atoms with Crippen LogP contribution in [0.15, 0.2) is 24.3 Å². The van der Waals surface area contributed by atoms with Gasteiger partial charge in [0.25, 0.3) is 5.91 Å². The van der Waals surface area contributed by atoms with Gasteiger partial charge in [0.05, 0.1) is 0 Å². The van der Waals surface area contributed by atoms with Gasteiger partial charge in [-0.2, -0.15) is 0 Å². The SMILES string of the molecule is CN(C(=O)c1cccc(NC(=O)NC2CC2)c1)C1CC2CCC(C1)N2. The minimum Gasteiger partial charge on any atom is -0.339 e. The zero-order chi connectivity index (χ0) is 17.4. The van der Waals surface area contributed by atoms with Crippen LogP contribution in [0.1, 0.15) is 48.9 Å². The third-order valence-corrected chi connectivity index (χ3v) is 5.60. The number of anilines is 1. The van der Waals surface area contributed by atoms with E-state index in [4.69, 9.17) is 0 Å². The van der Waals surface area contributed by atoms with Gasteiger partial charge in [0.2, 0.25) is 0 Å². The monoisotopic (exact) mass is 342 g/mol. The van der Waals surface area contributed by atoms with Crippen molar-refractivity contribution in [2.24, 2.45) is 0 Å². The van der Waals surface area contributed by atoms with E-state index in [0.717, 1.165) is 25.7 Å². The molecule has 0 spiro atoms. The third-order valence-electron chi connectivity index (χ3n) is 5.60. The van der Waals surface area contributed by atoms with Crippen LogP contribution in [0.2, 0.25) is 0 Å². The minimum absolute atomic E-state index is 0.0255. The number of piperidine rings is 1. The summed E-state index contributed by atoms with van der Waals surface area (Å²) in [4.78, 5) is 26.6. The quantitative estimate of drug-likeness (QED) is 0.786. The molecule has 3 amide bonds. The first-order chi connectivity index (χ1) is 12.1. The second kappa shape index (κ2) is 6.67. The number of hydrogen-bond donors (Lipinski definition) is 3. The van der Waals surface area contributed by atoms with Crippen LogP contribution < -0.4 is 16.0 Å². The Balaban J connectivity index is 1.40. The summed E-state index contributed by atoms with van der Waals surface area (Å²) >= 11 is 0. The molecule has 0 radical (unpaired) electrons. The summed E-state index contributed by atoms with van der Waals surface area (Å²) in [5.41, 5.74) is 1.28. The van der Waals surface area contributed by atoms with Crippen molar-refractivity contribution in [2.75, 3.05) is 12.4 Å². The summed E-state index contributed by atoms with van der Waals surface area (Å²) in [5, 5.41) is 9.32. The number of urea groups is 1. The van der Waals surface area contributed by atoms with Crippen LogP contribution in [0.25, 0.3) is 0 Å². The zero-order valence-electron chi connectivity index (χ0n) is 14.6. The molecule has 2 bridgehead atoms. The van der Waals surface area contributed by atoms with E-state index in [1.165, 1.54) is 12.8 Å². The van der Waals surface area contributed by atoms with Gasteiger partial charge >= 0.3 is 6.03 Å². The molecule has 6 heteroatoms. The highest BCUT2D eigenvalue weighted by Gasteiger charge is 2.36. The van der Waals surface area contributed by atoms with Gasteiger partial charge in [-0.25, -0.2) is 4.79 Å². The lowest BCUT2D eigenvalue weighted by Crippen LogP contribution is -2.48. The van der Waals surface area contributed by atoms with Gasteiger partial charge in [0.1, 0.15) is 0 Å². The van der Waals surface area contributed by atoms with Crippen molar-refractivity contribution < 1.29 is 9.59 Å². The Hall–Kier alpha value is -2.08. The molecular formula is C19H26N4O2. The van der Waals surface area contributed by atoms with Crippen LogP contribution in [0.4, 0.5) is 10.5 Å². The van der Waals surface area contributed by atoms with E-state index in [2.05, 4.69) is 16.0 Å². The van der Waals surface area contributed by atoms with Crippen LogP contribution >= 0.6 is 0 Å². The van der Waals surface area contributed by atoms with E-state index in [1.54, 1.807) is 6.07 Å². The molecule has 134 valence electrons. The zero-order valence-corrected chi connectivity index (χ0v) is 14.6. The number of fused-ring (bicyclic) bond motifs is 2. The van der Waals surface area contributed by atoms with Crippen LogP contribution in [0.3, 0.4) is 0 Å². The molecule has 0 aromatic heterocycles. The fourth-order valence-corrected chi connectivity index (χ4v) is 4.02. The molecule has 3 aliphatic rings. The van der Waals surface area contributed by atoms with Crippen molar-refractivity contribution in [3.05, 3.63) is 29.8 Å². The second-order valence-corrected chi connectivity index (χ2v) is 7.63. The predicted molar refractivity (Wildman–Crippen MR) is 96.7 cm³/mol. The molecule has 2 atom stereocenters. The molecule has 6 nitrogen and oxygen atoms in total. The van der Waals surface area contributed by atoms with Crippen LogP contribution in [-0.2, 0) is 0 Å². The first kappa shape index (κ1) is 16.4. The van der Waals surface area contributed by atoms with E-state index >= 15 is 0 Å². The minimum atomic E-state index is -0.199. The summed E-state index contributed by atoms with van der Waals surface area (Å²) in [5.74, 6) is 0.0255. The van der Waals surface area contributed by atoms with Crippen LogP contribution in [0.5, 0.6) is 0 Å². The van der Waals surface area contributed by atoms with E-state index in [0.29, 0.717) is 35.4 Å². The molecule has 2 aliphatic heterocycles. The Morgan fingerprint density at radius 2 is 1.84 bits per heavy atom. The fraction of sp³-hybridized carbons (Fsp3) is 0.579. The molecule has 2 heterocycles. The topological polar surface area (TPSA) is 73.5 Å². The lowest BCUT2D eigenvalue weighted by atomic mass is 9.98. The Morgan fingerprint density at radius 3 is 2.52 bits per heavy atom. The maximum atomic E-state index is 12.9. The normalized spacial score (nSPS) is 27.6.